The van der Waals surface area contributed by atoms with E-state index >= 15 is 0 Å². The molecule has 15 heavy (non-hydrogen) atoms. The first-order valence-electron chi connectivity index (χ1n) is 6.25. The minimum atomic E-state index is -3.12. The summed E-state index contributed by atoms with van der Waals surface area (Å²) in [6.07, 6.45) is 0. The number of carbonyl (C=O) groups is 1. The quantitative estimate of drug-likeness (QED) is 0.319. The van der Waals surface area contributed by atoms with Crippen molar-refractivity contribution in [2.75, 3.05) is 0 Å². The molecule has 4 unspecified atom stereocenters. The van der Waals surface area contributed by atoms with Gasteiger partial charge in [0.1, 0.15) is 0 Å². The van der Waals surface area contributed by atoms with Crippen molar-refractivity contribution in [1.82, 2.24) is 5.43 Å². The first-order chi connectivity index (χ1) is 7.03. The normalized spacial score (nSPS) is 133. The van der Waals surface area contributed by atoms with Gasteiger partial charge in [0, 0.05) is 0 Å². The molecule has 3 N–H and O–H groups in total. The number of carbonyl (C=O) groups excluding carboxylic acids is 1. The average Bonchev–Trinajstić information content (AvgIpc) is 3.18. The first-order valence-corrected chi connectivity index (χ1v) is 12.5. The second kappa shape index (κ2) is 0.348. The molecule has 0 saturated carbocycles. The fraction of sp³-hybridized carbons (Fsp3) is 0.909. The fourth-order valence-electron chi connectivity index (χ4n) is 16.9. The number of fused-ring (bicyclic) bond motifs is 10. The predicted molar refractivity (Wildman–Crippen MR) is 48.8 cm³/mol. The molecule has 3 nitrogen and oxygen atoms in total. The van der Waals surface area contributed by atoms with Gasteiger partial charge in [0.25, 0.3) is 0 Å². The summed E-state index contributed by atoms with van der Waals surface area (Å²) in [5.74, 6) is 5.84. The van der Waals surface area contributed by atoms with E-state index in [4.69, 9.17) is 5.84 Å². The molecule has 10 aliphatic heterocycles. The molecule has 1 spiro atoms. The average molecular weight is 244 g/mol. The van der Waals surface area contributed by atoms with Crippen molar-refractivity contribution < 1.29 is 11.3 Å². The molecule has 4 atom stereocenters. The SMILES string of the molecule is NNC(=O)[C]12[CH]3[CH]4[CH]5[CH]1[Fe]45321678[CH]2[CH]1[CH]6[CH]7[CH]28. The summed E-state index contributed by atoms with van der Waals surface area (Å²) in [4.78, 5) is 23.1. The molecule has 10 aliphatic rings. The van der Waals surface area contributed by atoms with Crippen LogP contribution in [0.5, 0.6) is 0 Å². The van der Waals surface area contributed by atoms with Gasteiger partial charge in [-0.1, -0.05) is 0 Å². The predicted octanol–water partition coefficient (Wildman–Crippen LogP) is 1.74. The summed E-state index contributed by atoms with van der Waals surface area (Å²) >= 11 is 0. The Morgan fingerprint density at radius 3 is 1.67 bits per heavy atom. The Hall–Kier alpha value is -0.0505. The molecule has 10 rings (SSSR count). The van der Waals surface area contributed by atoms with Gasteiger partial charge in [0.05, 0.1) is 0 Å². The fourth-order valence-corrected chi connectivity index (χ4v) is 90.6. The van der Waals surface area contributed by atoms with Crippen LogP contribution in [0.3, 0.4) is 0 Å². The number of amides is 1. The van der Waals surface area contributed by atoms with Gasteiger partial charge in [0.15, 0.2) is 0 Å². The van der Waals surface area contributed by atoms with Crippen LogP contribution in [0.1, 0.15) is 0 Å². The van der Waals surface area contributed by atoms with Gasteiger partial charge in [0.2, 0.25) is 0 Å². The van der Waals surface area contributed by atoms with Crippen LogP contribution in [-0.2, 0) is 11.3 Å². The standard InChI is InChI=1S/C6H7N2O.C5H5.Fe/c7-8-6(9)5-3-1-2-4-5;1-2-4-5-3-1;/h1-4H,7H2,(H,8,9);1-5H;. The summed E-state index contributed by atoms with van der Waals surface area (Å²) in [6.45, 7) is -3.12. The molecule has 0 radical (unpaired) electrons. The second-order valence-corrected chi connectivity index (χ2v) is 33.7. The van der Waals surface area contributed by atoms with Gasteiger partial charge >= 0.3 is 76.1 Å². The Labute approximate surface area is 76.4 Å². The van der Waals surface area contributed by atoms with Crippen molar-refractivity contribution in [2.45, 2.75) is 47.7 Å². The number of nitrogens with two attached hydrogens (primary N) is 1. The van der Waals surface area contributed by atoms with E-state index in [2.05, 4.69) is 5.43 Å². The van der Waals surface area contributed by atoms with Gasteiger partial charge in [-0.2, -0.15) is 0 Å². The van der Waals surface area contributed by atoms with Crippen LogP contribution in [0.15, 0.2) is 0 Å². The Morgan fingerprint density at radius 2 is 1.47 bits per heavy atom. The van der Waals surface area contributed by atoms with E-state index in [0.29, 0.717) is 10.2 Å². The topological polar surface area (TPSA) is 55.1 Å². The summed E-state index contributed by atoms with van der Waals surface area (Å²) in [6, 6.07) is 0. The Balaban J connectivity index is 1.81. The van der Waals surface area contributed by atoms with Crippen molar-refractivity contribution in [1.29, 1.82) is 0 Å². The Kier molecular flexibility index (Phi) is 0.118. The van der Waals surface area contributed by atoms with Crippen LogP contribution < -0.4 is 11.3 Å². The molecule has 0 aromatic carbocycles. The summed E-state index contributed by atoms with van der Waals surface area (Å²) < 4.78 is 0.327. The number of hydrogen-bond donors (Lipinski definition) is 2. The zero-order valence-corrected chi connectivity index (χ0v) is 9.14. The van der Waals surface area contributed by atoms with Gasteiger partial charge < -0.3 is 0 Å². The molecule has 10 saturated heterocycles. The number of hydrogen-bond acceptors (Lipinski definition) is 2. The van der Waals surface area contributed by atoms with Gasteiger partial charge in [-0.3, -0.25) is 0 Å². The molecule has 10 fully saturated rings. The molecule has 0 aromatic rings. The molecular formula is C11H12FeN2O. The first kappa shape index (κ1) is 5.07. The Bertz CT molecular complexity index is 868. The number of rotatable bonds is 1. The van der Waals surface area contributed by atoms with Gasteiger partial charge in [-0.15, -0.1) is 0 Å². The third-order valence-corrected chi connectivity index (χ3v) is 57.5. The van der Waals surface area contributed by atoms with Crippen LogP contribution in [0.4, 0.5) is 0 Å². The van der Waals surface area contributed by atoms with E-state index in [1.165, 1.54) is 33.7 Å². The van der Waals surface area contributed by atoms with Crippen LogP contribution in [0, 0.1) is 0 Å². The summed E-state index contributed by atoms with van der Waals surface area (Å²) in [5, 5.41) is 0. The third kappa shape index (κ3) is 0.0408. The van der Waals surface area contributed by atoms with Crippen LogP contribution >= 0.6 is 0 Å². The molecular weight excluding hydrogens is 232 g/mol. The Morgan fingerprint density at radius 1 is 1.00 bits per heavy atom. The zero-order valence-electron chi connectivity index (χ0n) is 8.04. The summed E-state index contributed by atoms with van der Waals surface area (Å²) in [7, 11) is 0. The molecule has 0 bridgehead atoms. The van der Waals surface area contributed by atoms with Crippen LogP contribution in [0.25, 0.3) is 0 Å². The number of nitrogens with one attached hydrogen (secondary N) is 1. The molecule has 10 heterocycles. The van der Waals surface area contributed by atoms with Gasteiger partial charge in [-0.25, -0.2) is 0 Å². The maximum atomic E-state index is 12.4. The molecule has 0 aromatic heterocycles. The van der Waals surface area contributed by atoms with Crippen molar-refractivity contribution in [2.24, 2.45) is 5.84 Å². The summed E-state index contributed by atoms with van der Waals surface area (Å²) in [5.41, 5.74) is 2.58. The van der Waals surface area contributed by atoms with E-state index < -0.39 is 6.51 Å². The van der Waals surface area contributed by atoms with Gasteiger partial charge in [-0.05, 0) is 0 Å². The van der Waals surface area contributed by atoms with Crippen LogP contribution in [0.2, 0.25) is 47.7 Å². The zero-order chi connectivity index (χ0) is 9.30. The molecule has 80 valence electrons. The minimum absolute atomic E-state index is 0.327. The van der Waals surface area contributed by atoms with E-state index in [1.54, 1.807) is 0 Å². The number of hydrazine groups is 1. The van der Waals surface area contributed by atoms with Crippen molar-refractivity contribution >= 4 is 5.91 Å². The van der Waals surface area contributed by atoms with Crippen molar-refractivity contribution in [3.8, 4) is 0 Å². The second-order valence-electron chi connectivity index (χ2n) is 10.2. The van der Waals surface area contributed by atoms with Crippen LogP contribution in [-0.4, -0.2) is 5.91 Å². The monoisotopic (exact) mass is 244 g/mol. The van der Waals surface area contributed by atoms with E-state index in [1.807, 2.05) is 0 Å². The molecule has 4 heteroatoms. The van der Waals surface area contributed by atoms with Crippen molar-refractivity contribution in [3.05, 3.63) is 0 Å². The maximum absolute atomic E-state index is 12.4. The van der Waals surface area contributed by atoms with Crippen molar-refractivity contribution in [3.63, 3.8) is 0 Å². The molecule has 0 aliphatic carbocycles. The van der Waals surface area contributed by atoms with E-state index in [-0.39, 0.29) is 0 Å². The van der Waals surface area contributed by atoms with E-state index in [0.717, 1.165) is 9.63 Å². The third-order valence-electron chi connectivity index (χ3n) is 15.2. The van der Waals surface area contributed by atoms with E-state index in [9.17, 15) is 4.79 Å². The molecule has 1 amide bonds.